The minimum Gasteiger partial charge on any atom is -0.486 e. The molecule has 2 N–H and O–H groups in total. The largest absolute Gasteiger partial charge is 0.486 e. The number of hydrogen-bond donors (Lipinski definition) is 2. The van der Waals surface area contributed by atoms with Crippen LogP contribution in [0, 0.1) is 5.41 Å². The number of rotatable bonds is 7. The number of amides is 6. The van der Waals surface area contributed by atoms with Crippen LogP contribution in [0.4, 0.5) is 16.3 Å². The van der Waals surface area contributed by atoms with E-state index in [-0.39, 0.29) is 35.4 Å². The number of ether oxygens (including phenoxy) is 1. The van der Waals surface area contributed by atoms with Gasteiger partial charge in [-0.1, -0.05) is 29.3 Å². The lowest BCUT2D eigenvalue weighted by Crippen LogP contribution is -2.74. The number of fused-ring (bicyclic) bond motifs is 2. The van der Waals surface area contributed by atoms with Gasteiger partial charge in [0.05, 0.1) is 32.4 Å². The van der Waals surface area contributed by atoms with Gasteiger partial charge in [0.25, 0.3) is 11.8 Å². The monoisotopic (exact) mass is 848 g/mol. The predicted molar refractivity (Wildman–Crippen MR) is 221 cm³/mol. The van der Waals surface area contributed by atoms with Crippen molar-refractivity contribution in [3.05, 3.63) is 93.9 Å². The molecular weight excluding hydrogens is 811 g/mol. The number of piperidine rings is 1. The highest BCUT2D eigenvalue weighted by Gasteiger charge is 2.54. The Bertz CT molecular complexity index is 2600. The van der Waals surface area contributed by atoms with Gasteiger partial charge >= 0.3 is 6.03 Å². The van der Waals surface area contributed by atoms with E-state index in [4.69, 9.17) is 32.9 Å². The first-order valence-corrected chi connectivity index (χ1v) is 20.5. The second-order valence-electron chi connectivity index (χ2n) is 16.1. The van der Waals surface area contributed by atoms with Crippen molar-refractivity contribution in [3.63, 3.8) is 0 Å². The highest BCUT2D eigenvalue weighted by Crippen LogP contribution is 2.43. The van der Waals surface area contributed by atoms with Crippen molar-refractivity contribution >= 4 is 75.3 Å². The van der Waals surface area contributed by atoms with E-state index in [1.165, 1.54) is 0 Å². The van der Waals surface area contributed by atoms with Gasteiger partial charge in [-0.05, 0) is 55.8 Å². The first kappa shape index (κ1) is 38.0. The molecule has 0 radical (unpaired) electrons. The summed E-state index contributed by atoms with van der Waals surface area (Å²) in [6.45, 7) is 6.70. The zero-order valence-electron chi connectivity index (χ0n) is 32.4. The average Bonchev–Trinajstić information content (AvgIpc) is 3.74. The third-order valence-electron chi connectivity index (χ3n) is 12.2. The Kier molecular flexibility index (Phi) is 9.17. The number of halogens is 2. The zero-order chi connectivity index (χ0) is 41.4. The third kappa shape index (κ3) is 6.36. The van der Waals surface area contributed by atoms with Crippen LogP contribution in [0.15, 0.2) is 67.1 Å². The zero-order valence-corrected chi connectivity index (χ0v) is 33.9. The van der Waals surface area contributed by atoms with Gasteiger partial charge in [0.1, 0.15) is 29.4 Å². The molecule has 18 heteroatoms. The second kappa shape index (κ2) is 14.5. The van der Waals surface area contributed by atoms with Crippen LogP contribution in [0.25, 0.3) is 22.2 Å². The Balaban J connectivity index is 0.727. The van der Waals surface area contributed by atoms with Gasteiger partial charge in [-0.2, -0.15) is 5.10 Å². The molecule has 1 spiro atoms. The fourth-order valence-corrected chi connectivity index (χ4v) is 9.87. The molecule has 5 aliphatic rings. The summed E-state index contributed by atoms with van der Waals surface area (Å²) < 4.78 is 6.23. The Labute approximate surface area is 353 Å². The molecule has 3 aromatic heterocycles. The van der Waals surface area contributed by atoms with Gasteiger partial charge < -0.3 is 24.3 Å². The molecule has 306 valence electrons. The number of likely N-dealkylation sites (tertiary alicyclic amines) is 1. The van der Waals surface area contributed by atoms with Crippen molar-refractivity contribution in [2.45, 2.75) is 31.9 Å². The number of carbonyl (C=O) groups excluding carboxylic acids is 5. The molecule has 2 aromatic carbocycles. The predicted octanol–water partition coefficient (Wildman–Crippen LogP) is 4.93. The number of urea groups is 1. The molecule has 2 atom stereocenters. The summed E-state index contributed by atoms with van der Waals surface area (Å²) in [7, 11) is 0. The van der Waals surface area contributed by atoms with Gasteiger partial charge in [-0.15, -0.1) is 0 Å². The summed E-state index contributed by atoms with van der Waals surface area (Å²) >= 11 is 12.7. The van der Waals surface area contributed by atoms with Gasteiger partial charge in [-0.25, -0.2) is 9.78 Å². The van der Waals surface area contributed by atoms with Crippen molar-refractivity contribution in [2.24, 2.45) is 5.41 Å². The van der Waals surface area contributed by atoms with Crippen molar-refractivity contribution < 1.29 is 28.7 Å². The van der Waals surface area contributed by atoms with Crippen LogP contribution in [0.2, 0.25) is 10.0 Å². The number of carbonyl (C=O) groups is 5. The topological polar surface area (TPSA) is 177 Å². The smallest absolute Gasteiger partial charge is 0.320 e. The number of aromatic amines is 1. The maximum Gasteiger partial charge on any atom is 0.320 e. The van der Waals surface area contributed by atoms with E-state index in [9.17, 15) is 24.0 Å². The normalized spacial score (nSPS) is 20.3. The molecule has 60 heavy (non-hydrogen) atoms. The lowest BCUT2D eigenvalue weighted by atomic mass is 9.73. The Morgan fingerprint density at radius 1 is 0.883 bits per heavy atom. The minimum atomic E-state index is -1.03. The van der Waals surface area contributed by atoms with E-state index >= 15 is 0 Å². The molecule has 4 saturated heterocycles. The van der Waals surface area contributed by atoms with Crippen LogP contribution in [0.5, 0.6) is 5.75 Å². The fraction of sp³-hybridized carbons (Fsp3) is 0.333. The van der Waals surface area contributed by atoms with Crippen LogP contribution in [0.1, 0.15) is 52.1 Å². The number of piperazine rings is 1. The van der Waals surface area contributed by atoms with Gasteiger partial charge in [0, 0.05) is 99.3 Å². The number of nitrogens with one attached hydrogen (secondary N) is 2. The van der Waals surface area contributed by atoms with E-state index in [2.05, 4.69) is 25.4 Å². The molecule has 5 aliphatic heterocycles. The molecule has 1 unspecified atom stereocenters. The maximum atomic E-state index is 13.6. The Morgan fingerprint density at radius 2 is 1.65 bits per heavy atom. The summed E-state index contributed by atoms with van der Waals surface area (Å²) in [4.78, 5) is 82.5. The molecule has 8 heterocycles. The second-order valence-corrected chi connectivity index (χ2v) is 16.9. The quantitative estimate of drug-likeness (QED) is 0.212. The number of hydrogen-bond acceptors (Lipinski definition) is 11. The Hall–Kier alpha value is -6.26. The van der Waals surface area contributed by atoms with Crippen molar-refractivity contribution in [2.75, 3.05) is 62.2 Å². The van der Waals surface area contributed by atoms with Crippen molar-refractivity contribution in [1.29, 1.82) is 0 Å². The lowest BCUT2D eigenvalue weighted by Gasteiger charge is -2.61. The maximum absolute atomic E-state index is 13.6. The standard InChI is InChI=1S/C42H38Cl2N10O6/c1-23(35-28(43)17-45-18-29(35)44)60-25-6-7-30-27(15-25)37(49-48-30)24-5-9-33(46-16-24)52-19-42(20-52)21-53(22-42)41(59)51-13-11-50(12-14-51)31-4-2-3-26-36(31)40(58)54(39(26)57)32-8-10-34(55)47-38(32)56/h2-7,9,15-18,23,32H,8,10-14,19-22H2,1H3,(H,48,49)(H,47,55,56)/t23-,32?/m1/s1. The number of nitrogens with zero attached hydrogens (tertiary/aromatic N) is 8. The minimum absolute atomic E-state index is 0.00557. The average molecular weight is 850 g/mol. The number of H-pyrrole nitrogens is 1. The van der Waals surface area contributed by atoms with E-state index < -0.39 is 35.8 Å². The van der Waals surface area contributed by atoms with E-state index in [0.29, 0.717) is 66.3 Å². The molecule has 16 nitrogen and oxygen atoms in total. The van der Waals surface area contributed by atoms with Crippen molar-refractivity contribution in [3.8, 4) is 17.0 Å². The van der Waals surface area contributed by atoms with Crippen LogP contribution in [-0.4, -0.2) is 123 Å². The summed E-state index contributed by atoms with van der Waals surface area (Å²) in [6, 6.07) is 13.8. The first-order valence-electron chi connectivity index (χ1n) is 19.8. The molecule has 5 aromatic rings. The summed E-state index contributed by atoms with van der Waals surface area (Å²) in [5.41, 5.74) is 4.27. The molecular formula is C42H38Cl2N10O6. The van der Waals surface area contributed by atoms with E-state index in [0.717, 1.165) is 46.0 Å². The van der Waals surface area contributed by atoms with Gasteiger partial charge in [0.15, 0.2) is 0 Å². The number of aromatic nitrogens is 4. The van der Waals surface area contributed by atoms with Crippen molar-refractivity contribution in [1.82, 2.24) is 40.2 Å². The number of anilines is 2. The lowest BCUT2D eigenvalue weighted by molar-refractivity contribution is -0.136. The van der Waals surface area contributed by atoms with E-state index in [1.54, 1.807) is 30.6 Å². The van der Waals surface area contributed by atoms with Crippen LogP contribution in [0.3, 0.4) is 0 Å². The molecule has 0 bridgehead atoms. The number of imide groups is 2. The molecule has 0 aliphatic carbocycles. The number of benzene rings is 2. The molecule has 6 amide bonds. The highest BCUT2D eigenvalue weighted by atomic mass is 35.5. The van der Waals surface area contributed by atoms with Crippen LogP contribution >= 0.6 is 23.2 Å². The summed E-state index contributed by atoms with van der Waals surface area (Å²) in [5.74, 6) is -0.636. The first-order chi connectivity index (χ1) is 29.0. The van der Waals surface area contributed by atoms with E-state index in [1.807, 2.05) is 58.2 Å². The van der Waals surface area contributed by atoms with Crippen LogP contribution in [-0.2, 0) is 9.59 Å². The summed E-state index contributed by atoms with van der Waals surface area (Å²) in [5, 5.41) is 11.7. The number of pyridine rings is 2. The highest BCUT2D eigenvalue weighted by molar-refractivity contribution is 6.35. The van der Waals surface area contributed by atoms with Gasteiger partial charge in [0.2, 0.25) is 11.8 Å². The molecule has 0 saturated carbocycles. The molecule has 10 rings (SSSR count). The van der Waals surface area contributed by atoms with Gasteiger partial charge in [-0.3, -0.25) is 39.5 Å². The molecule has 4 fully saturated rings. The summed E-state index contributed by atoms with van der Waals surface area (Å²) in [6.07, 6.45) is 4.66. The fourth-order valence-electron chi connectivity index (χ4n) is 9.20. The third-order valence-corrected chi connectivity index (χ3v) is 12.8. The van der Waals surface area contributed by atoms with Crippen LogP contribution < -0.4 is 19.9 Å². The SMILES string of the molecule is C[C@@H](Oc1ccc2[nH]nc(-c3ccc(N4CC5(CN(C(=O)N6CCN(c7cccc8c7C(=O)N(C7CCC(=O)NC7=O)C8=O)CC6)C5)C4)nc3)c2c1)c1c(Cl)cncc1Cl. The Morgan fingerprint density at radius 3 is 2.37 bits per heavy atom.